The fourth-order valence-electron chi connectivity index (χ4n) is 1.49. The minimum Gasteiger partial charge on any atom is -0.366 e. The van der Waals surface area contributed by atoms with Crippen molar-refractivity contribution >= 4 is 21.6 Å². The summed E-state index contributed by atoms with van der Waals surface area (Å²) in [5, 5.41) is 12.2. The molecule has 0 radical (unpaired) electrons. The SMILES string of the molecule is N#CC(Nc1ccc(F)cc1)c1cncc(Br)c1. The van der Waals surface area contributed by atoms with E-state index in [0.29, 0.717) is 5.69 Å². The van der Waals surface area contributed by atoms with Crippen molar-refractivity contribution in [3.05, 3.63) is 58.6 Å². The van der Waals surface area contributed by atoms with Crippen molar-refractivity contribution in [1.82, 2.24) is 4.98 Å². The third kappa shape index (κ3) is 3.05. The fraction of sp³-hybridized carbons (Fsp3) is 0.0769. The highest BCUT2D eigenvalue weighted by atomic mass is 79.9. The van der Waals surface area contributed by atoms with E-state index in [1.54, 1.807) is 24.5 Å². The predicted molar refractivity (Wildman–Crippen MR) is 70.3 cm³/mol. The molecular weight excluding hydrogens is 297 g/mol. The summed E-state index contributed by atoms with van der Waals surface area (Å²) < 4.78 is 13.6. The van der Waals surface area contributed by atoms with Gasteiger partial charge in [-0.15, -0.1) is 0 Å². The number of pyridine rings is 1. The Morgan fingerprint density at radius 1 is 1.28 bits per heavy atom. The van der Waals surface area contributed by atoms with Gasteiger partial charge in [0.25, 0.3) is 0 Å². The van der Waals surface area contributed by atoms with E-state index in [2.05, 4.69) is 32.3 Å². The second-order valence-corrected chi connectivity index (χ2v) is 4.57. The van der Waals surface area contributed by atoms with Gasteiger partial charge < -0.3 is 5.32 Å². The Hall–Kier alpha value is -1.93. The molecule has 0 amide bonds. The minimum absolute atomic E-state index is 0.307. The van der Waals surface area contributed by atoms with Gasteiger partial charge >= 0.3 is 0 Å². The van der Waals surface area contributed by atoms with Crippen molar-refractivity contribution in [2.24, 2.45) is 0 Å². The van der Waals surface area contributed by atoms with Gasteiger partial charge in [-0.2, -0.15) is 5.26 Å². The normalized spacial score (nSPS) is 11.6. The van der Waals surface area contributed by atoms with E-state index in [4.69, 9.17) is 5.26 Å². The number of hydrogen-bond acceptors (Lipinski definition) is 3. The van der Waals surface area contributed by atoms with Gasteiger partial charge in [-0.3, -0.25) is 4.98 Å². The number of halogens is 2. The molecule has 90 valence electrons. The lowest BCUT2D eigenvalue weighted by atomic mass is 10.1. The number of aromatic nitrogens is 1. The van der Waals surface area contributed by atoms with Crippen LogP contribution in [-0.4, -0.2) is 4.98 Å². The van der Waals surface area contributed by atoms with E-state index in [9.17, 15) is 4.39 Å². The van der Waals surface area contributed by atoms with Crippen molar-refractivity contribution in [2.75, 3.05) is 5.32 Å². The van der Waals surface area contributed by atoms with Crippen molar-refractivity contribution in [3.63, 3.8) is 0 Å². The fourth-order valence-corrected chi connectivity index (χ4v) is 1.87. The molecule has 18 heavy (non-hydrogen) atoms. The van der Waals surface area contributed by atoms with Gasteiger partial charge in [0, 0.05) is 28.1 Å². The Morgan fingerprint density at radius 2 is 2.00 bits per heavy atom. The smallest absolute Gasteiger partial charge is 0.141 e. The van der Waals surface area contributed by atoms with Crippen LogP contribution in [0.5, 0.6) is 0 Å². The third-order valence-corrected chi connectivity index (χ3v) is 2.78. The highest BCUT2D eigenvalue weighted by Crippen LogP contribution is 2.21. The maximum atomic E-state index is 12.8. The molecule has 2 rings (SSSR count). The highest BCUT2D eigenvalue weighted by Gasteiger charge is 2.11. The zero-order chi connectivity index (χ0) is 13.0. The molecule has 0 aliphatic heterocycles. The molecular formula is C13H9BrFN3. The van der Waals surface area contributed by atoms with E-state index in [-0.39, 0.29) is 5.82 Å². The van der Waals surface area contributed by atoms with E-state index < -0.39 is 6.04 Å². The molecule has 0 aliphatic rings. The van der Waals surface area contributed by atoms with Gasteiger partial charge in [0.15, 0.2) is 0 Å². The molecule has 0 bridgehead atoms. The average molecular weight is 306 g/mol. The van der Waals surface area contributed by atoms with Gasteiger partial charge in [0.1, 0.15) is 11.9 Å². The summed E-state index contributed by atoms with van der Waals surface area (Å²) in [7, 11) is 0. The zero-order valence-electron chi connectivity index (χ0n) is 9.27. The number of nitriles is 1. The predicted octanol–water partition coefficient (Wildman–Crippen LogP) is 3.66. The van der Waals surface area contributed by atoms with Crippen LogP contribution in [0.3, 0.4) is 0 Å². The topological polar surface area (TPSA) is 48.7 Å². The number of rotatable bonds is 3. The van der Waals surface area contributed by atoms with Crippen LogP contribution in [0, 0.1) is 17.1 Å². The van der Waals surface area contributed by atoms with Crippen molar-refractivity contribution in [2.45, 2.75) is 6.04 Å². The Labute approximate surface area is 112 Å². The highest BCUT2D eigenvalue weighted by molar-refractivity contribution is 9.10. The lowest BCUT2D eigenvalue weighted by Crippen LogP contribution is -2.08. The first kappa shape index (κ1) is 12.5. The van der Waals surface area contributed by atoms with Gasteiger partial charge in [-0.1, -0.05) is 0 Å². The van der Waals surface area contributed by atoms with Crippen molar-refractivity contribution in [3.8, 4) is 6.07 Å². The van der Waals surface area contributed by atoms with E-state index in [0.717, 1.165) is 10.0 Å². The number of anilines is 1. The summed E-state index contributed by atoms with van der Waals surface area (Å²) in [6, 6.07) is 9.30. The van der Waals surface area contributed by atoms with Crippen LogP contribution < -0.4 is 5.32 Å². The van der Waals surface area contributed by atoms with Crippen molar-refractivity contribution < 1.29 is 4.39 Å². The maximum Gasteiger partial charge on any atom is 0.141 e. The molecule has 0 aliphatic carbocycles. The zero-order valence-corrected chi connectivity index (χ0v) is 10.9. The van der Waals surface area contributed by atoms with Crippen LogP contribution in [0.1, 0.15) is 11.6 Å². The van der Waals surface area contributed by atoms with E-state index >= 15 is 0 Å². The molecule has 1 heterocycles. The van der Waals surface area contributed by atoms with Crippen LogP contribution in [0.2, 0.25) is 0 Å². The number of nitrogens with one attached hydrogen (secondary N) is 1. The standard InChI is InChI=1S/C13H9BrFN3/c14-10-5-9(7-17-8-10)13(6-16)18-12-3-1-11(15)2-4-12/h1-5,7-8,13,18H. The number of nitrogens with zero attached hydrogens (tertiary/aromatic N) is 2. The van der Waals surface area contributed by atoms with E-state index in [1.165, 1.54) is 12.1 Å². The summed E-state index contributed by atoms with van der Waals surface area (Å²) in [4.78, 5) is 4.01. The van der Waals surface area contributed by atoms with E-state index in [1.807, 2.05) is 6.07 Å². The Kier molecular flexibility index (Phi) is 3.90. The van der Waals surface area contributed by atoms with Crippen LogP contribution in [0.15, 0.2) is 47.2 Å². The Bertz CT molecular complexity index is 578. The van der Waals surface area contributed by atoms with Crippen LogP contribution in [-0.2, 0) is 0 Å². The molecule has 2 aromatic rings. The summed E-state index contributed by atoms with van der Waals surface area (Å²) in [5.74, 6) is -0.307. The third-order valence-electron chi connectivity index (χ3n) is 2.34. The lowest BCUT2D eigenvalue weighted by molar-refractivity contribution is 0.628. The van der Waals surface area contributed by atoms with Gasteiger partial charge in [0.2, 0.25) is 0 Å². The van der Waals surface area contributed by atoms with Crippen LogP contribution in [0.4, 0.5) is 10.1 Å². The average Bonchev–Trinajstić information content (AvgIpc) is 2.38. The summed E-state index contributed by atoms with van der Waals surface area (Å²) in [5.41, 5.74) is 1.43. The molecule has 0 saturated heterocycles. The molecule has 0 fully saturated rings. The van der Waals surface area contributed by atoms with Crippen LogP contribution in [0.25, 0.3) is 0 Å². The largest absolute Gasteiger partial charge is 0.366 e. The van der Waals surface area contributed by atoms with Crippen LogP contribution >= 0.6 is 15.9 Å². The molecule has 5 heteroatoms. The first-order valence-corrected chi connectivity index (χ1v) is 6.00. The monoisotopic (exact) mass is 305 g/mol. The maximum absolute atomic E-state index is 12.8. The molecule has 0 saturated carbocycles. The minimum atomic E-state index is -0.527. The summed E-state index contributed by atoms with van der Waals surface area (Å²) in [6.45, 7) is 0. The summed E-state index contributed by atoms with van der Waals surface area (Å²) in [6.07, 6.45) is 3.27. The first-order valence-electron chi connectivity index (χ1n) is 5.21. The molecule has 1 N–H and O–H groups in total. The Balaban J connectivity index is 2.20. The number of hydrogen-bond donors (Lipinski definition) is 1. The summed E-state index contributed by atoms with van der Waals surface area (Å²) >= 11 is 3.31. The van der Waals surface area contributed by atoms with Crippen molar-refractivity contribution in [1.29, 1.82) is 5.26 Å². The second kappa shape index (κ2) is 5.61. The molecule has 1 unspecified atom stereocenters. The quantitative estimate of drug-likeness (QED) is 0.941. The number of benzene rings is 1. The van der Waals surface area contributed by atoms with Gasteiger partial charge in [0.05, 0.1) is 6.07 Å². The molecule has 3 nitrogen and oxygen atoms in total. The first-order chi connectivity index (χ1) is 8.69. The second-order valence-electron chi connectivity index (χ2n) is 3.65. The van der Waals surface area contributed by atoms with Gasteiger partial charge in [-0.05, 0) is 46.3 Å². The Morgan fingerprint density at radius 3 is 2.61 bits per heavy atom. The lowest BCUT2D eigenvalue weighted by Gasteiger charge is -2.13. The molecule has 0 spiro atoms. The van der Waals surface area contributed by atoms with Gasteiger partial charge in [-0.25, -0.2) is 4.39 Å². The molecule has 1 aromatic carbocycles. The molecule has 1 aromatic heterocycles. The molecule has 1 atom stereocenters.